The molecular weight excluding hydrogens is 140 g/mol. The molecule has 0 amide bonds. The van der Waals surface area contributed by atoms with Gasteiger partial charge in [-0.15, -0.1) is 0 Å². The van der Waals surface area contributed by atoms with E-state index < -0.39 is 0 Å². The third kappa shape index (κ3) is 2.43. The van der Waals surface area contributed by atoms with Gasteiger partial charge in [-0.25, -0.2) is 0 Å². The van der Waals surface area contributed by atoms with Crippen LogP contribution >= 0.6 is 0 Å². The van der Waals surface area contributed by atoms with E-state index in [0.717, 1.165) is 19.9 Å². The summed E-state index contributed by atoms with van der Waals surface area (Å²) in [4.78, 5) is 0. The predicted octanol–water partition coefficient (Wildman–Crippen LogP) is 0.178. The smallest absolute Gasteiger partial charge is 0.0965 e. The van der Waals surface area contributed by atoms with Crippen LogP contribution in [0.1, 0.15) is 13.3 Å². The highest BCUT2D eigenvalue weighted by molar-refractivity contribution is 4.76. The summed E-state index contributed by atoms with van der Waals surface area (Å²) in [6, 6.07) is 0.600. The zero-order valence-corrected chi connectivity index (χ0v) is 7.39. The highest BCUT2D eigenvalue weighted by Gasteiger charge is 2.20. The van der Waals surface area contributed by atoms with Gasteiger partial charge in [-0.3, -0.25) is 5.32 Å². The van der Waals surface area contributed by atoms with Gasteiger partial charge in [-0.1, -0.05) is 6.92 Å². The lowest BCUT2D eigenvalue weighted by molar-refractivity contribution is 0.0325. The Morgan fingerprint density at radius 3 is 3.00 bits per heavy atom. The van der Waals surface area contributed by atoms with Crippen LogP contribution in [0.3, 0.4) is 0 Å². The minimum atomic E-state index is 0.600. The van der Waals surface area contributed by atoms with Crippen molar-refractivity contribution in [2.24, 2.45) is 5.92 Å². The molecule has 0 saturated carbocycles. The lowest BCUT2D eigenvalue weighted by Gasteiger charge is -2.29. The highest BCUT2D eigenvalue weighted by Crippen LogP contribution is 2.09. The summed E-state index contributed by atoms with van der Waals surface area (Å²) < 4.78 is 5.32. The molecule has 0 bridgehead atoms. The van der Waals surface area contributed by atoms with E-state index in [1.165, 1.54) is 6.42 Å². The Labute approximate surface area is 68.5 Å². The molecule has 2 N–H and O–H groups in total. The van der Waals surface area contributed by atoms with Crippen molar-refractivity contribution in [3.05, 3.63) is 0 Å². The van der Waals surface area contributed by atoms with E-state index in [2.05, 4.69) is 17.6 Å². The summed E-state index contributed by atoms with van der Waals surface area (Å²) in [5, 5.41) is 6.52. The Morgan fingerprint density at radius 2 is 2.55 bits per heavy atom. The number of nitrogens with one attached hydrogen (secondary N) is 2. The van der Waals surface area contributed by atoms with Crippen LogP contribution in [-0.2, 0) is 4.74 Å². The molecule has 0 aromatic rings. The zero-order valence-electron chi connectivity index (χ0n) is 7.39. The van der Waals surface area contributed by atoms with E-state index >= 15 is 0 Å². The molecule has 0 aliphatic carbocycles. The Hall–Kier alpha value is -0.120. The van der Waals surface area contributed by atoms with Gasteiger partial charge >= 0.3 is 0 Å². The average molecular weight is 158 g/mol. The molecule has 2 unspecified atom stereocenters. The van der Waals surface area contributed by atoms with E-state index in [9.17, 15) is 0 Å². The van der Waals surface area contributed by atoms with Crippen LogP contribution in [0.2, 0.25) is 0 Å². The summed E-state index contributed by atoms with van der Waals surface area (Å²) in [5.74, 6) is 0.638. The van der Waals surface area contributed by atoms with Crippen LogP contribution in [0.15, 0.2) is 0 Å². The van der Waals surface area contributed by atoms with Gasteiger partial charge in [0.2, 0.25) is 0 Å². The monoisotopic (exact) mass is 158 g/mol. The first kappa shape index (κ1) is 8.97. The van der Waals surface area contributed by atoms with E-state index in [0.29, 0.717) is 12.0 Å². The second-order valence-corrected chi connectivity index (χ2v) is 3.03. The van der Waals surface area contributed by atoms with Crippen LogP contribution in [0, 0.1) is 5.92 Å². The van der Waals surface area contributed by atoms with Gasteiger partial charge in [-0.2, -0.15) is 0 Å². The molecule has 3 heteroatoms. The maximum absolute atomic E-state index is 5.32. The topological polar surface area (TPSA) is 33.3 Å². The molecule has 2 atom stereocenters. The number of hydrogen-bond acceptors (Lipinski definition) is 3. The minimum absolute atomic E-state index is 0.600. The average Bonchev–Trinajstić information content (AvgIpc) is 2.09. The summed E-state index contributed by atoms with van der Waals surface area (Å²) in [6.45, 7) is 4.90. The van der Waals surface area contributed by atoms with Crippen molar-refractivity contribution in [2.75, 3.05) is 26.9 Å². The Kier molecular flexibility index (Phi) is 3.83. The molecule has 11 heavy (non-hydrogen) atoms. The van der Waals surface area contributed by atoms with E-state index in [4.69, 9.17) is 4.74 Å². The van der Waals surface area contributed by atoms with Crippen molar-refractivity contribution in [3.8, 4) is 0 Å². The Balaban J connectivity index is 2.30. The quantitative estimate of drug-likeness (QED) is 0.614. The number of ether oxygens (including phenoxy) is 1. The maximum atomic E-state index is 5.32. The Morgan fingerprint density at radius 1 is 1.73 bits per heavy atom. The normalized spacial score (nSPS) is 28.4. The van der Waals surface area contributed by atoms with Crippen LogP contribution in [0.25, 0.3) is 0 Å². The fourth-order valence-corrected chi connectivity index (χ4v) is 1.62. The summed E-state index contributed by atoms with van der Waals surface area (Å²) in [6.07, 6.45) is 1.17. The fourth-order valence-electron chi connectivity index (χ4n) is 1.62. The summed E-state index contributed by atoms with van der Waals surface area (Å²) in [7, 11) is 2.02. The molecule has 66 valence electrons. The van der Waals surface area contributed by atoms with Gasteiger partial charge in [-0.05, 0) is 13.5 Å². The Bertz CT molecular complexity index is 98.3. The van der Waals surface area contributed by atoms with Crippen molar-refractivity contribution in [3.63, 3.8) is 0 Å². The van der Waals surface area contributed by atoms with Gasteiger partial charge < -0.3 is 10.1 Å². The van der Waals surface area contributed by atoms with Crippen molar-refractivity contribution >= 4 is 0 Å². The first-order valence-corrected chi connectivity index (χ1v) is 4.34. The molecule has 0 aromatic heterocycles. The van der Waals surface area contributed by atoms with Gasteiger partial charge in [0.1, 0.15) is 0 Å². The van der Waals surface area contributed by atoms with Crippen LogP contribution in [0.4, 0.5) is 0 Å². The van der Waals surface area contributed by atoms with E-state index in [1.807, 2.05) is 7.05 Å². The van der Waals surface area contributed by atoms with Crippen LogP contribution in [-0.4, -0.2) is 33.0 Å². The molecule has 0 radical (unpaired) electrons. The zero-order chi connectivity index (χ0) is 8.10. The third-order valence-corrected chi connectivity index (χ3v) is 2.32. The second-order valence-electron chi connectivity index (χ2n) is 3.03. The molecule has 0 spiro atoms. The van der Waals surface area contributed by atoms with Gasteiger partial charge in [0.25, 0.3) is 0 Å². The molecule has 1 rings (SSSR count). The molecule has 1 heterocycles. The highest BCUT2D eigenvalue weighted by atomic mass is 16.5. The van der Waals surface area contributed by atoms with Crippen molar-refractivity contribution in [2.45, 2.75) is 19.4 Å². The molecule has 1 aliphatic heterocycles. The van der Waals surface area contributed by atoms with Crippen LogP contribution < -0.4 is 10.6 Å². The van der Waals surface area contributed by atoms with Crippen molar-refractivity contribution < 1.29 is 4.74 Å². The number of hydrogen-bond donors (Lipinski definition) is 2. The SMILES string of the molecule is CCC(NC)C1CNCOC1. The number of rotatable bonds is 3. The fraction of sp³-hybridized carbons (Fsp3) is 1.00. The minimum Gasteiger partial charge on any atom is -0.366 e. The summed E-state index contributed by atoms with van der Waals surface area (Å²) >= 11 is 0. The third-order valence-electron chi connectivity index (χ3n) is 2.32. The molecule has 1 saturated heterocycles. The van der Waals surface area contributed by atoms with E-state index in [1.54, 1.807) is 0 Å². The lowest BCUT2D eigenvalue weighted by atomic mass is 9.98. The van der Waals surface area contributed by atoms with Crippen LogP contribution in [0.5, 0.6) is 0 Å². The second kappa shape index (κ2) is 4.70. The van der Waals surface area contributed by atoms with E-state index in [-0.39, 0.29) is 0 Å². The lowest BCUT2D eigenvalue weighted by Crippen LogP contribution is -2.45. The van der Waals surface area contributed by atoms with Gasteiger partial charge in [0.15, 0.2) is 0 Å². The molecule has 3 nitrogen and oxygen atoms in total. The molecule has 1 fully saturated rings. The molecular formula is C8H18N2O. The van der Waals surface area contributed by atoms with Crippen molar-refractivity contribution in [1.82, 2.24) is 10.6 Å². The van der Waals surface area contributed by atoms with Gasteiger partial charge in [0.05, 0.1) is 13.3 Å². The first-order chi connectivity index (χ1) is 5.38. The molecule has 0 aromatic carbocycles. The largest absolute Gasteiger partial charge is 0.366 e. The van der Waals surface area contributed by atoms with Crippen molar-refractivity contribution in [1.29, 1.82) is 0 Å². The first-order valence-electron chi connectivity index (χ1n) is 4.34. The predicted molar refractivity (Wildman–Crippen MR) is 45.5 cm³/mol. The van der Waals surface area contributed by atoms with Gasteiger partial charge in [0, 0.05) is 18.5 Å². The molecule has 1 aliphatic rings. The summed E-state index contributed by atoms with van der Waals surface area (Å²) in [5.41, 5.74) is 0. The maximum Gasteiger partial charge on any atom is 0.0965 e. The standard InChI is InChI=1S/C8H18N2O/c1-3-8(9-2)7-4-10-6-11-5-7/h7-10H,3-6H2,1-2H3.